The number of carboxylic acid groups (broad SMARTS) is 2. The molecule has 0 aromatic carbocycles. The molecule has 0 rings (SSSR count). The quantitative estimate of drug-likeness (QED) is 0.183. The summed E-state index contributed by atoms with van der Waals surface area (Å²) in [6, 6.07) is 0. The fourth-order valence-corrected chi connectivity index (χ4v) is 0.668. The van der Waals surface area contributed by atoms with Crippen LogP contribution in [0.3, 0.4) is 0 Å². The van der Waals surface area contributed by atoms with E-state index in [-0.39, 0.29) is 6.29 Å². The van der Waals surface area contributed by atoms with Crippen LogP contribution in [0.5, 0.6) is 0 Å². The molecule has 0 saturated carbocycles. The highest BCUT2D eigenvalue weighted by molar-refractivity contribution is 6.19. The van der Waals surface area contributed by atoms with Crippen molar-refractivity contribution in [3.63, 3.8) is 0 Å². The lowest BCUT2D eigenvalue weighted by atomic mass is 10.0. The number of hydrogen-bond donors (Lipinski definition) is 7. The van der Waals surface area contributed by atoms with Gasteiger partial charge in [-0.2, -0.15) is 0 Å². The van der Waals surface area contributed by atoms with Crippen LogP contribution in [0.25, 0.3) is 0 Å². The maximum atomic E-state index is 10.1. The third kappa shape index (κ3) is 7.65. The van der Waals surface area contributed by atoms with Crippen LogP contribution in [-0.2, 0) is 14.4 Å². The lowest BCUT2D eigenvalue weighted by Crippen LogP contribution is -2.48. The first-order chi connectivity index (χ1) is 8.18. The van der Waals surface area contributed by atoms with Crippen molar-refractivity contribution in [2.24, 2.45) is 0 Å². The Morgan fingerprint density at radius 2 is 1.39 bits per heavy atom. The van der Waals surface area contributed by atoms with Crippen LogP contribution in [0.1, 0.15) is 0 Å². The second kappa shape index (κ2) is 9.44. The largest absolute Gasteiger partial charge is 0.479 e. The molecule has 10 heteroatoms. The molecule has 18 heavy (non-hydrogen) atoms. The lowest BCUT2D eigenvalue weighted by molar-refractivity contribution is -0.164. The van der Waals surface area contributed by atoms with Gasteiger partial charge < -0.3 is 35.7 Å². The molecule has 0 aromatic rings. The predicted octanol–water partition coefficient (Wildman–Crippen LogP) is -4.22. The van der Waals surface area contributed by atoms with Gasteiger partial charge in [0.15, 0.2) is 6.10 Å². The summed E-state index contributed by atoms with van der Waals surface area (Å²) in [5.41, 5.74) is 0. The van der Waals surface area contributed by atoms with Gasteiger partial charge in [0, 0.05) is 0 Å². The fraction of sp³-hybridized carbons (Fsp3) is 0.625. The number of rotatable bonds is 6. The number of aliphatic hydroxyl groups is 5. The zero-order chi connectivity index (χ0) is 14.9. The van der Waals surface area contributed by atoms with Gasteiger partial charge in [-0.05, 0) is 0 Å². The molecule has 7 N–H and O–H groups in total. The molecule has 0 amide bonds. The highest BCUT2D eigenvalue weighted by atomic mass is 16.4. The summed E-state index contributed by atoms with van der Waals surface area (Å²) in [5, 5.41) is 59.2. The number of carbonyl (C=O) groups is 3. The van der Waals surface area contributed by atoms with Gasteiger partial charge in [-0.1, -0.05) is 0 Å². The van der Waals surface area contributed by atoms with Crippen molar-refractivity contribution in [3.05, 3.63) is 0 Å². The van der Waals surface area contributed by atoms with Crippen molar-refractivity contribution in [1.29, 1.82) is 0 Å². The molecule has 0 spiro atoms. The van der Waals surface area contributed by atoms with Gasteiger partial charge in [0.05, 0.1) is 6.61 Å². The molecule has 0 unspecified atom stereocenters. The predicted molar refractivity (Wildman–Crippen MR) is 52.4 cm³/mol. The van der Waals surface area contributed by atoms with Crippen molar-refractivity contribution in [2.45, 2.75) is 24.4 Å². The van der Waals surface area contributed by atoms with E-state index in [2.05, 4.69) is 0 Å². The van der Waals surface area contributed by atoms with E-state index in [1.807, 2.05) is 0 Å². The molecule has 0 radical (unpaired) electrons. The van der Waals surface area contributed by atoms with Crippen LogP contribution in [0.15, 0.2) is 0 Å². The molecule has 4 atom stereocenters. The summed E-state index contributed by atoms with van der Waals surface area (Å²) in [5.74, 6) is -3.15. The normalized spacial score (nSPS) is 16.5. The van der Waals surface area contributed by atoms with Gasteiger partial charge >= 0.3 is 11.9 Å². The zero-order valence-corrected chi connectivity index (χ0v) is 8.95. The number of aliphatic hydroxyl groups excluding tert-OH is 5. The Morgan fingerprint density at radius 1 is 1.00 bits per heavy atom. The van der Waals surface area contributed by atoms with Gasteiger partial charge in [0.1, 0.15) is 18.3 Å². The Bertz CT molecular complexity index is 277. The van der Waals surface area contributed by atoms with Gasteiger partial charge in [-0.25, -0.2) is 9.59 Å². The average molecular weight is 270 g/mol. The van der Waals surface area contributed by atoms with Gasteiger partial charge in [-0.3, -0.25) is 4.79 Å². The molecule has 0 aromatic heterocycles. The molecule has 0 bridgehead atoms. The minimum atomic E-state index is -2.20. The van der Waals surface area contributed by atoms with Crippen molar-refractivity contribution in [3.8, 4) is 0 Å². The fourth-order valence-electron chi connectivity index (χ4n) is 0.668. The molecule has 0 heterocycles. The van der Waals surface area contributed by atoms with Crippen LogP contribution in [0.2, 0.25) is 0 Å². The minimum absolute atomic E-state index is 0.167. The Balaban J connectivity index is 0. The van der Waals surface area contributed by atoms with Crippen molar-refractivity contribution in [2.75, 3.05) is 6.61 Å². The molecule has 0 aliphatic rings. The van der Waals surface area contributed by atoms with Crippen LogP contribution in [0.4, 0.5) is 0 Å². The highest BCUT2D eigenvalue weighted by Crippen LogP contribution is 2.04. The van der Waals surface area contributed by atoms with Crippen LogP contribution in [-0.4, -0.2) is 85.0 Å². The Morgan fingerprint density at radius 3 is 1.61 bits per heavy atom. The highest BCUT2D eigenvalue weighted by Gasteiger charge is 2.33. The lowest BCUT2D eigenvalue weighted by Gasteiger charge is -2.23. The van der Waals surface area contributed by atoms with Gasteiger partial charge in [0.25, 0.3) is 0 Å². The van der Waals surface area contributed by atoms with E-state index in [4.69, 9.17) is 45.3 Å². The SMILES string of the molecule is O=C(O)[C@H](O)[C@@H](O)[C@H](O)[C@H](O)CO.O=CC(=O)O. The Kier molecular flexibility index (Phi) is 9.84. The van der Waals surface area contributed by atoms with E-state index >= 15 is 0 Å². The van der Waals surface area contributed by atoms with E-state index in [1.54, 1.807) is 0 Å². The third-order valence-electron chi connectivity index (χ3n) is 1.61. The number of carbonyl (C=O) groups excluding carboxylic acids is 1. The van der Waals surface area contributed by atoms with E-state index in [0.717, 1.165) is 0 Å². The van der Waals surface area contributed by atoms with Gasteiger partial charge in [0.2, 0.25) is 6.29 Å². The van der Waals surface area contributed by atoms with Gasteiger partial charge in [-0.15, -0.1) is 0 Å². The van der Waals surface area contributed by atoms with Crippen molar-refractivity contribution >= 4 is 18.2 Å². The Hall–Kier alpha value is -1.59. The molecule has 106 valence electrons. The monoisotopic (exact) mass is 270 g/mol. The standard InChI is InChI=1S/C6H12O7.C2H2O3/c7-1-2(8)3(9)4(10)5(11)6(12)13;3-1-2(4)5/h2-5,7-11H,1H2,(H,12,13);1H,(H,4,5)/t2-,3-,4+,5-;/m1./s1. The smallest absolute Gasteiger partial charge is 0.368 e. The third-order valence-corrected chi connectivity index (χ3v) is 1.61. The van der Waals surface area contributed by atoms with Crippen LogP contribution < -0.4 is 0 Å². The van der Waals surface area contributed by atoms with E-state index < -0.39 is 43.0 Å². The topological polar surface area (TPSA) is 193 Å². The summed E-state index contributed by atoms with van der Waals surface area (Å²) >= 11 is 0. The summed E-state index contributed by atoms with van der Waals surface area (Å²) < 4.78 is 0. The molecule has 0 saturated heterocycles. The van der Waals surface area contributed by atoms with Crippen molar-refractivity contribution < 1.29 is 50.1 Å². The van der Waals surface area contributed by atoms with E-state index in [9.17, 15) is 4.79 Å². The molecule has 0 fully saturated rings. The molecular formula is C8H14O10. The summed E-state index contributed by atoms with van der Waals surface area (Å²) in [4.78, 5) is 28.0. The first-order valence-corrected chi connectivity index (χ1v) is 4.43. The number of hydrogen-bond acceptors (Lipinski definition) is 8. The summed E-state index contributed by atoms with van der Waals surface area (Å²) in [6.07, 6.45) is -8.00. The maximum absolute atomic E-state index is 10.1. The number of aldehydes is 1. The molecular weight excluding hydrogens is 256 g/mol. The summed E-state index contributed by atoms with van der Waals surface area (Å²) in [6.45, 7) is -0.843. The van der Waals surface area contributed by atoms with E-state index in [1.165, 1.54) is 0 Å². The van der Waals surface area contributed by atoms with E-state index in [0.29, 0.717) is 0 Å². The molecule has 0 aliphatic heterocycles. The van der Waals surface area contributed by atoms with Crippen LogP contribution in [0, 0.1) is 0 Å². The molecule has 10 nitrogen and oxygen atoms in total. The first-order valence-electron chi connectivity index (χ1n) is 4.43. The Labute approximate surface area is 100 Å². The number of aliphatic carboxylic acids is 2. The van der Waals surface area contributed by atoms with Crippen molar-refractivity contribution in [1.82, 2.24) is 0 Å². The second-order valence-corrected chi connectivity index (χ2v) is 2.97. The number of carboxylic acids is 2. The average Bonchev–Trinajstić information content (AvgIpc) is 2.35. The summed E-state index contributed by atoms with van der Waals surface area (Å²) in [7, 11) is 0. The van der Waals surface area contributed by atoms with Crippen LogP contribution >= 0.6 is 0 Å². The molecule has 0 aliphatic carbocycles. The second-order valence-electron chi connectivity index (χ2n) is 2.97. The minimum Gasteiger partial charge on any atom is -0.479 e. The maximum Gasteiger partial charge on any atom is 0.368 e. The first kappa shape index (κ1) is 18.8. The zero-order valence-electron chi connectivity index (χ0n) is 8.95.